The van der Waals surface area contributed by atoms with E-state index in [1.54, 1.807) is 48.5 Å². The van der Waals surface area contributed by atoms with Gasteiger partial charge in [-0.25, -0.2) is 4.98 Å². The summed E-state index contributed by atoms with van der Waals surface area (Å²) >= 11 is 0.898. The van der Waals surface area contributed by atoms with Crippen molar-refractivity contribution in [3.8, 4) is 11.4 Å². The van der Waals surface area contributed by atoms with Crippen LogP contribution in [0.4, 0.5) is 13.2 Å². The van der Waals surface area contributed by atoms with Crippen molar-refractivity contribution in [1.29, 1.82) is 0 Å². The zero-order chi connectivity index (χ0) is 21.9. The smallest absolute Gasteiger partial charge is 0.405 e. The minimum absolute atomic E-state index is 0.182. The lowest BCUT2D eigenvalue weighted by Crippen LogP contribution is -2.38. The van der Waals surface area contributed by atoms with Crippen LogP contribution in [-0.4, -0.2) is 40.5 Å². The molecule has 10 heteroatoms. The standard InChI is InChI=1S/C20H18F3N3O3S/c1-12(17(27)24-11-20(21,22)23)30-19-25-16-9-4-3-8-15(16)18(28)26(19)13-6-5-7-14(10-13)29-2/h3-10,12H,11H2,1-2H3,(H,24,27). The van der Waals surface area contributed by atoms with Crippen LogP contribution in [-0.2, 0) is 4.79 Å². The second kappa shape index (κ2) is 8.78. The highest BCUT2D eigenvalue weighted by molar-refractivity contribution is 8.00. The summed E-state index contributed by atoms with van der Waals surface area (Å²) < 4.78 is 43.7. The van der Waals surface area contributed by atoms with Gasteiger partial charge in [0.25, 0.3) is 5.56 Å². The lowest BCUT2D eigenvalue weighted by Gasteiger charge is -2.17. The first kappa shape index (κ1) is 21.7. The summed E-state index contributed by atoms with van der Waals surface area (Å²) in [6, 6.07) is 13.4. The van der Waals surface area contributed by atoms with Crippen LogP contribution in [0.1, 0.15) is 6.92 Å². The molecule has 1 atom stereocenters. The molecule has 0 fully saturated rings. The van der Waals surface area contributed by atoms with E-state index in [9.17, 15) is 22.8 Å². The van der Waals surface area contributed by atoms with Gasteiger partial charge in [-0.1, -0.05) is 30.0 Å². The molecule has 1 aromatic heterocycles. The van der Waals surface area contributed by atoms with Crippen molar-refractivity contribution >= 4 is 28.6 Å². The van der Waals surface area contributed by atoms with E-state index in [1.165, 1.54) is 18.6 Å². The largest absolute Gasteiger partial charge is 0.497 e. The van der Waals surface area contributed by atoms with Crippen LogP contribution in [0.15, 0.2) is 58.5 Å². The molecule has 1 heterocycles. The van der Waals surface area contributed by atoms with Gasteiger partial charge in [0.05, 0.1) is 29.0 Å². The molecular weight excluding hydrogens is 419 g/mol. The molecule has 0 aliphatic rings. The van der Waals surface area contributed by atoms with Gasteiger partial charge in [0.15, 0.2) is 5.16 Å². The number of nitrogens with zero attached hydrogens (tertiary/aromatic N) is 2. The van der Waals surface area contributed by atoms with Crippen molar-refractivity contribution in [2.45, 2.75) is 23.5 Å². The van der Waals surface area contributed by atoms with Gasteiger partial charge in [-0.05, 0) is 31.2 Å². The number of halogens is 3. The average molecular weight is 437 g/mol. The third-order valence-corrected chi connectivity index (χ3v) is 5.22. The Morgan fingerprint density at radius 1 is 1.23 bits per heavy atom. The van der Waals surface area contributed by atoms with Gasteiger partial charge in [-0.15, -0.1) is 0 Å². The normalized spacial score (nSPS) is 12.6. The first-order valence-electron chi connectivity index (χ1n) is 8.87. The van der Waals surface area contributed by atoms with E-state index in [-0.39, 0.29) is 10.7 Å². The molecule has 3 rings (SSSR count). The van der Waals surface area contributed by atoms with Crippen LogP contribution < -0.4 is 15.6 Å². The predicted molar refractivity (Wildman–Crippen MR) is 108 cm³/mol. The maximum Gasteiger partial charge on any atom is 0.405 e. The monoisotopic (exact) mass is 437 g/mol. The van der Waals surface area contributed by atoms with Crippen LogP contribution >= 0.6 is 11.8 Å². The van der Waals surface area contributed by atoms with Gasteiger partial charge >= 0.3 is 6.18 Å². The lowest BCUT2D eigenvalue weighted by atomic mass is 10.2. The summed E-state index contributed by atoms with van der Waals surface area (Å²) in [5.74, 6) is -0.295. The second-order valence-corrected chi connectivity index (χ2v) is 7.65. The van der Waals surface area contributed by atoms with E-state index in [2.05, 4.69) is 4.98 Å². The van der Waals surface area contributed by atoms with E-state index in [0.29, 0.717) is 22.3 Å². The molecule has 0 radical (unpaired) electrons. The molecule has 1 unspecified atom stereocenters. The third-order valence-electron chi connectivity index (χ3n) is 4.17. The maximum atomic E-state index is 13.2. The van der Waals surface area contributed by atoms with Gasteiger partial charge in [0.2, 0.25) is 5.91 Å². The Balaban J connectivity index is 2.04. The van der Waals surface area contributed by atoms with Crippen LogP contribution in [0.3, 0.4) is 0 Å². The fourth-order valence-corrected chi connectivity index (χ4v) is 3.66. The maximum absolute atomic E-state index is 13.2. The number of alkyl halides is 3. The molecule has 1 N–H and O–H groups in total. The first-order valence-corrected chi connectivity index (χ1v) is 9.75. The Kier molecular flexibility index (Phi) is 6.35. The van der Waals surface area contributed by atoms with Crippen molar-refractivity contribution in [2.24, 2.45) is 0 Å². The number of hydrogen-bond donors (Lipinski definition) is 1. The number of nitrogens with one attached hydrogen (secondary N) is 1. The zero-order valence-electron chi connectivity index (χ0n) is 16.1. The van der Waals surface area contributed by atoms with E-state index < -0.39 is 23.9 Å². The quantitative estimate of drug-likeness (QED) is 0.472. The van der Waals surface area contributed by atoms with Gasteiger partial charge in [0, 0.05) is 6.07 Å². The Labute approximate surface area is 174 Å². The molecule has 1 amide bonds. The van der Waals surface area contributed by atoms with E-state index in [4.69, 9.17) is 4.74 Å². The molecule has 0 spiro atoms. The molecule has 2 aromatic carbocycles. The number of hydrogen-bond acceptors (Lipinski definition) is 5. The van der Waals surface area contributed by atoms with E-state index in [0.717, 1.165) is 11.8 Å². The molecule has 3 aromatic rings. The summed E-state index contributed by atoms with van der Waals surface area (Å²) in [5, 5.41) is 1.49. The van der Waals surface area contributed by atoms with Gasteiger partial charge in [-0.2, -0.15) is 13.2 Å². The van der Waals surface area contributed by atoms with Gasteiger partial charge in [0.1, 0.15) is 12.3 Å². The minimum Gasteiger partial charge on any atom is -0.497 e. The predicted octanol–water partition coefficient (Wildman–Crippen LogP) is 3.55. The first-order chi connectivity index (χ1) is 14.2. The number of aromatic nitrogens is 2. The Bertz CT molecular complexity index is 1130. The van der Waals surface area contributed by atoms with Crippen molar-refractivity contribution < 1.29 is 22.7 Å². The summed E-state index contributed by atoms with van der Waals surface area (Å²) in [5.41, 5.74) is 0.523. The van der Waals surface area contributed by atoms with Crippen LogP contribution in [0, 0.1) is 0 Å². The number of ether oxygens (including phenoxy) is 1. The third kappa shape index (κ3) is 4.93. The molecule has 0 bridgehead atoms. The summed E-state index contributed by atoms with van der Waals surface area (Å²) in [4.78, 5) is 29.8. The topological polar surface area (TPSA) is 73.2 Å². The minimum atomic E-state index is -4.51. The SMILES string of the molecule is COc1cccc(-n2c(SC(C)C(=O)NCC(F)(F)F)nc3ccccc3c2=O)c1. The highest BCUT2D eigenvalue weighted by Crippen LogP contribution is 2.26. The highest BCUT2D eigenvalue weighted by atomic mass is 32.2. The van der Waals surface area contributed by atoms with E-state index in [1.807, 2.05) is 5.32 Å². The fourth-order valence-electron chi connectivity index (χ4n) is 2.71. The summed E-state index contributed by atoms with van der Waals surface area (Å²) in [6.07, 6.45) is -4.51. The van der Waals surface area contributed by atoms with Crippen LogP contribution in [0.2, 0.25) is 0 Å². The number of benzene rings is 2. The number of methoxy groups -OCH3 is 1. The highest BCUT2D eigenvalue weighted by Gasteiger charge is 2.29. The molecule has 158 valence electrons. The summed E-state index contributed by atoms with van der Waals surface area (Å²) in [7, 11) is 1.49. The fraction of sp³-hybridized carbons (Fsp3) is 0.250. The van der Waals surface area contributed by atoms with E-state index >= 15 is 0 Å². The Morgan fingerprint density at radius 2 is 1.97 bits per heavy atom. The number of amides is 1. The molecule has 0 saturated carbocycles. The molecule has 0 aliphatic heterocycles. The molecule has 0 aliphatic carbocycles. The molecular formula is C20H18F3N3O3S. The van der Waals surface area contributed by atoms with Gasteiger partial charge in [-0.3, -0.25) is 14.2 Å². The molecule has 6 nitrogen and oxygen atoms in total. The Hall–Kier alpha value is -3.01. The average Bonchev–Trinajstić information content (AvgIpc) is 2.71. The molecule has 0 saturated heterocycles. The number of rotatable bonds is 6. The number of thioether (sulfide) groups is 1. The number of carbonyl (C=O) groups excluding carboxylic acids is 1. The summed E-state index contributed by atoms with van der Waals surface area (Å²) in [6.45, 7) is 0.0260. The van der Waals surface area contributed by atoms with Crippen LogP contribution in [0.25, 0.3) is 16.6 Å². The second-order valence-electron chi connectivity index (χ2n) is 6.35. The van der Waals surface area contributed by atoms with Crippen molar-refractivity contribution in [1.82, 2.24) is 14.9 Å². The van der Waals surface area contributed by atoms with Crippen LogP contribution in [0.5, 0.6) is 5.75 Å². The number of fused-ring (bicyclic) bond motifs is 1. The number of carbonyl (C=O) groups is 1. The Morgan fingerprint density at radius 3 is 2.67 bits per heavy atom. The van der Waals surface area contributed by atoms with Gasteiger partial charge < -0.3 is 10.1 Å². The van der Waals surface area contributed by atoms with Crippen molar-refractivity contribution in [3.05, 3.63) is 58.9 Å². The van der Waals surface area contributed by atoms with Crippen molar-refractivity contribution in [3.63, 3.8) is 0 Å². The molecule has 30 heavy (non-hydrogen) atoms. The lowest BCUT2D eigenvalue weighted by molar-refractivity contribution is -0.137. The van der Waals surface area contributed by atoms with Crippen molar-refractivity contribution in [2.75, 3.05) is 13.7 Å². The zero-order valence-corrected chi connectivity index (χ0v) is 16.9. The number of para-hydroxylation sites is 1.